The number of hydrogen-bond acceptors (Lipinski definition) is 4. The molecule has 3 rings (SSSR count). The molecule has 0 spiro atoms. The van der Waals surface area contributed by atoms with Gasteiger partial charge < -0.3 is 15.4 Å². The Labute approximate surface area is 136 Å². The van der Waals surface area contributed by atoms with Gasteiger partial charge in [-0.2, -0.15) is 0 Å². The van der Waals surface area contributed by atoms with Crippen LogP contribution in [0.5, 0.6) is 5.75 Å². The van der Waals surface area contributed by atoms with Crippen LogP contribution in [0.4, 0.5) is 0 Å². The van der Waals surface area contributed by atoms with Crippen LogP contribution in [0.2, 0.25) is 0 Å². The number of aromatic nitrogens is 1. The summed E-state index contributed by atoms with van der Waals surface area (Å²) >= 11 is 0. The summed E-state index contributed by atoms with van der Waals surface area (Å²) in [4.78, 5) is 18.4. The van der Waals surface area contributed by atoms with Crippen LogP contribution in [-0.4, -0.2) is 35.5 Å². The highest BCUT2D eigenvalue weighted by atomic mass is 16.5. The molecule has 5 nitrogen and oxygen atoms in total. The third kappa shape index (κ3) is 3.51. The van der Waals surface area contributed by atoms with E-state index in [0.29, 0.717) is 19.5 Å². The number of likely N-dealkylation sites (tertiary alicyclic amines) is 1. The van der Waals surface area contributed by atoms with Gasteiger partial charge in [0, 0.05) is 31.1 Å². The number of pyridine rings is 1. The summed E-state index contributed by atoms with van der Waals surface area (Å²) in [6.45, 7) is 1.14. The van der Waals surface area contributed by atoms with E-state index in [4.69, 9.17) is 10.5 Å². The van der Waals surface area contributed by atoms with E-state index in [-0.39, 0.29) is 17.9 Å². The summed E-state index contributed by atoms with van der Waals surface area (Å²) in [5, 5.41) is 0. The second-order valence-electron chi connectivity index (χ2n) is 5.84. The summed E-state index contributed by atoms with van der Waals surface area (Å²) < 4.78 is 5.20. The van der Waals surface area contributed by atoms with Crippen molar-refractivity contribution in [1.82, 2.24) is 9.88 Å². The van der Waals surface area contributed by atoms with Gasteiger partial charge in [0.1, 0.15) is 5.75 Å². The molecular weight excluding hydrogens is 290 g/mol. The van der Waals surface area contributed by atoms with Crippen molar-refractivity contribution >= 4 is 5.91 Å². The number of nitrogens with two attached hydrogens (primary N) is 1. The van der Waals surface area contributed by atoms with Crippen LogP contribution in [0.1, 0.15) is 23.6 Å². The van der Waals surface area contributed by atoms with Crippen LogP contribution in [-0.2, 0) is 11.3 Å². The van der Waals surface area contributed by atoms with Gasteiger partial charge in [0.25, 0.3) is 0 Å². The summed E-state index contributed by atoms with van der Waals surface area (Å²) in [5.41, 5.74) is 8.26. The fourth-order valence-electron chi connectivity index (χ4n) is 2.99. The highest BCUT2D eigenvalue weighted by molar-refractivity contribution is 5.78. The third-order valence-electron chi connectivity index (χ3n) is 4.32. The predicted octanol–water partition coefficient (Wildman–Crippen LogP) is 1.93. The van der Waals surface area contributed by atoms with Crippen LogP contribution in [0.25, 0.3) is 0 Å². The molecule has 1 aromatic carbocycles. The molecular formula is C18H21N3O2. The van der Waals surface area contributed by atoms with Gasteiger partial charge in [-0.25, -0.2) is 0 Å². The highest BCUT2D eigenvalue weighted by Crippen LogP contribution is 2.28. The number of carbonyl (C=O) groups is 1. The van der Waals surface area contributed by atoms with Crippen molar-refractivity contribution in [2.24, 2.45) is 5.73 Å². The zero-order valence-electron chi connectivity index (χ0n) is 13.2. The summed E-state index contributed by atoms with van der Waals surface area (Å²) in [6, 6.07) is 13.5. The number of nitrogens with zero attached hydrogens (tertiary/aromatic N) is 2. The zero-order valence-corrected chi connectivity index (χ0v) is 13.2. The van der Waals surface area contributed by atoms with Crippen molar-refractivity contribution < 1.29 is 9.53 Å². The average Bonchev–Trinajstić information content (AvgIpc) is 2.58. The van der Waals surface area contributed by atoms with Crippen LogP contribution in [0.15, 0.2) is 48.7 Å². The second kappa shape index (κ2) is 6.79. The monoisotopic (exact) mass is 311 g/mol. The number of amides is 1. The van der Waals surface area contributed by atoms with Gasteiger partial charge in [-0.15, -0.1) is 0 Å². The minimum Gasteiger partial charge on any atom is -0.497 e. The Kier molecular flexibility index (Phi) is 4.57. The molecule has 1 aliphatic heterocycles. The summed E-state index contributed by atoms with van der Waals surface area (Å²) in [5.74, 6) is 1.04. The van der Waals surface area contributed by atoms with Gasteiger partial charge >= 0.3 is 0 Å². The minimum absolute atomic E-state index is 0.0907. The fraction of sp³-hybridized carbons (Fsp3) is 0.333. The molecule has 1 aliphatic rings. The van der Waals surface area contributed by atoms with Crippen LogP contribution < -0.4 is 10.5 Å². The van der Waals surface area contributed by atoms with Crippen molar-refractivity contribution in [3.8, 4) is 5.75 Å². The molecule has 0 bridgehead atoms. The predicted molar refractivity (Wildman–Crippen MR) is 88.0 cm³/mol. The molecule has 23 heavy (non-hydrogen) atoms. The Morgan fingerprint density at radius 3 is 2.70 bits per heavy atom. The van der Waals surface area contributed by atoms with Crippen LogP contribution in [0.3, 0.4) is 0 Å². The molecule has 2 N–H and O–H groups in total. The van der Waals surface area contributed by atoms with Crippen LogP contribution in [0, 0.1) is 0 Å². The number of methoxy groups -OCH3 is 1. The Balaban J connectivity index is 1.76. The van der Waals surface area contributed by atoms with E-state index in [1.165, 1.54) is 0 Å². The van der Waals surface area contributed by atoms with Crippen LogP contribution >= 0.6 is 0 Å². The number of carbonyl (C=O) groups excluding carboxylic acids is 1. The van der Waals surface area contributed by atoms with E-state index >= 15 is 0 Å². The molecule has 120 valence electrons. The Morgan fingerprint density at radius 1 is 1.26 bits per heavy atom. The molecule has 0 saturated carbocycles. The normalized spacial score (nSPS) is 21.3. The molecule has 1 fully saturated rings. The third-order valence-corrected chi connectivity index (χ3v) is 4.32. The largest absolute Gasteiger partial charge is 0.497 e. The lowest BCUT2D eigenvalue weighted by Gasteiger charge is -2.36. The molecule has 2 aromatic rings. The van der Waals surface area contributed by atoms with Gasteiger partial charge in [-0.05, 0) is 29.8 Å². The molecule has 2 unspecified atom stereocenters. The molecule has 1 saturated heterocycles. The summed E-state index contributed by atoms with van der Waals surface area (Å²) in [6.07, 6.45) is 2.11. The lowest BCUT2D eigenvalue weighted by Crippen LogP contribution is -2.48. The Hall–Kier alpha value is -2.40. The van der Waals surface area contributed by atoms with Gasteiger partial charge in [-0.1, -0.05) is 18.2 Å². The number of hydrogen-bond donors (Lipinski definition) is 1. The van der Waals surface area contributed by atoms with E-state index in [1.807, 2.05) is 47.4 Å². The highest BCUT2D eigenvalue weighted by Gasteiger charge is 2.32. The van der Waals surface area contributed by atoms with E-state index in [0.717, 1.165) is 17.0 Å². The standard InChI is InChI=1S/C18H21N3O2/c1-23-15-7-5-13(6-8-15)16-12-21(18(22)10-17(16)19)11-14-4-2-3-9-20-14/h2-9,16-17H,10-12,19H2,1H3. The zero-order chi connectivity index (χ0) is 16.2. The fourth-order valence-corrected chi connectivity index (χ4v) is 2.99. The summed E-state index contributed by atoms with van der Waals surface area (Å²) in [7, 11) is 1.65. The van der Waals surface area contributed by atoms with E-state index in [9.17, 15) is 4.79 Å². The Bertz CT molecular complexity index is 658. The van der Waals surface area contributed by atoms with Crippen molar-refractivity contribution in [3.63, 3.8) is 0 Å². The van der Waals surface area contributed by atoms with Crippen molar-refractivity contribution in [2.75, 3.05) is 13.7 Å². The first-order chi connectivity index (χ1) is 11.2. The van der Waals surface area contributed by atoms with Crippen molar-refractivity contribution in [2.45, 2.75) is 24.9 Å². The second-order valence-corrected chi connectivity index (χ2v) is 5.84. The molecule has 2 atom stereocenters. The topological polar surface area (TPSA) is 68.5 Å². The lowest BCUT2D eigenvalue weighted by atomic mass is 9.86. The maximum atomic E-state index is 12.3. The first-order valence-electron chi connectivity index (χ1n) is 7.74. The average molecular weight is 311 g/mol. The molecule has 2 heterocycles. The van der Waals surface area contributed by atoms with E-state index in [2.05, 4.69) is 4.98 Å². The lowest BCUT2D eigenvalue weighted by molar-refractivity contribution is -0.135. The minimum atomic E-state index is -0.157. The number of ether oxygens (including phenoxy) is 1. The maximum Gasteiger partial charge on any atom is 0.224 e. The van der Waals surface area contributed by atoms with Gasteiger partial charge in [0.15, 0.2) is 0 Å². The first kappa shape index (κ1) is 15.5. The van der Waals surface area contributed by atoms with Crippen molar-refractivity contribution in [3.05, 3.63) is 59.9 Å². The van der Waals surface area contributed by atoms with E-state index < -0.39 is 0 Å². The molecule has 0 aliphatic carbocycles. The van der Waals surface area contributed by atoms with Gasteiger partial charge in [-0.3, -0.25) is 9.78 Å². The van der Waals surface area contributed by atoms with Gasteiger partial charge in [0.05, 0.1) is 19.3 Å². The SMILES string of the molecule is COc1ccc(C2CN(Cc3ccccn3)C(=O)CC2N)cc1. The number of rotatable bonds is 4. The number of piperidine rings is 1. The van der Waals surface area contributed by atoms with Gasteiger partial charge in [0.2, 0.25) is 5.91 Å². The molecule has 5 heteroatoms. The number of benzene rings is 1. The molecule has 1 aromatic heterocycles. The van der Waals surface area contributed by atoms with E-state index in [1.54, 1.807) is 13.3 Å². The molecule has 0 radical (unpaired) electrons. The first-order valence-corrected chi connectivity index (χ1v) is 7.74. The maximum absolute atomic E-state index is 12.3. The quantitative estimate of drug-likeness (QED) is 0.937. The smallest absolute Gasteiger partial charge is 0.224 e. The van der Waals surface area contributed by atoms with Crippen molar-refractivity contribution in [1.29, 1.82) is 0 Å². The Morgan fingerprint density at radius 2 is 2.04 bits per heavy atom. The molecule has 1 amide bonds.